The number of hydrogen-bond acceptors (Lipinski definition) is 3. The van der Waals surface area contributed by atoms with E-state index in [2.05, 4.69) is 146 Å². The Bertz CT molecular complexity index is 2830. The van der Waals surface area contributed by atoms with Crippen molar-refractivity contribution in [1.29, 1.82) is 0 Å². The van der Waals surface area contributed by atoms with E-state index in [4.69, 9.17) is 14.4 Å². The van der Waals surface area contributed by atoms with E-state index in [1.54, 1.807) is 0 Å². The summed E-state index contributed by atoms with van der Waals surface area (Å²) in [6.45, 7) is 0. The third-order valence-corrected chi connectivity index (χ3v) is 9.87. The Morgan fingerprint density at radius 2 is 0.882 bits per heavy atom. The van der Waals surface area contributed by atoms with E-state index in [1.165, 1.54) is 21.9 Å². The molecule has 51 heavy (non-hydrogen) atoms. The van der Waals surface area contributed by atoms with Crippen LogP contribution < -0.4 is 0 Å². The minimum Gasteiger partial charge on any atom is -0.455 e. The van der Waals surface area contributed by atoms with Crippen molar-refractivity contribution >= 4 is 43.5 Å². The summed E-state index contributed by atoms with van der Waals surface area (Å²) in [4.78, 5) is 10.4. The third-order valence-electron chi connectivity index (χ3n) is 9.87. The largest absolute Gasteiger partial charge is 0.455 e. The van der Waals surface area contributed by atoms with E-state index in [9.17, 15) is 0 Å². The molecule has 0 bridgehead atoms. The fourth-order valence-electron chi connectivity index (χ4n) is 7.27. The molecule has 0 unspecified atom stereocenters. The van der Waals surface area contributed by atoms with Crippen molar-refractivity contribution in [2.45, 2.75) is 0 Å². The summed E-state index contributed by atoms with van der Waals surface area (Å²) in [7, 11) is 0. The number of fused-ring (bicyclic) bond motifs is 5. The first-order valence-electron chi connectivity index (χ1n) is 17.2. The normalized spacial score (nSPS) is 11.5. The summed E-state index contributed by atoms with van der Waals surface area (Å²) < 4.78 is 6.85. The zero-order chi connectivity index (χ0) is 33.7. The quantitative estimate of drug-likeness (QED) is 0.186. The lowest BCUT2D eigenvalue weighted by Gasteiger charge is -2.12. The zero-order valence-electron chi connectivity index (χ0n) is 27.6. The summed E-state index contributed by atoms with van der Waals surface area (Å²) >= 11 is 0. The minimum atomic E-state index is 0.661. The highest BCUT2D eigenvalue weighted by molar-refractivity contribution is 6.18. The Labute approximate surface area is 295 Å². The first kappa shape index (κ1) is 29.1. The lowest BCUT2D eigenvalue weighted by atomic mass is 9.95. The molecule has 0 aliphatic carbocycles. The number of hydrogen-bond donors (Lipinski definition) is 0. The van der Waals surface area contributed by atoms with Crippen LogP contribution >= 0.6 is 0 Å². The molecule has 0 N–H and O–H groups in total. The van der Waals surface area contributed by atoms with E-state index in [0.29, 0.717) is 5.82 Å². The summed E-state index contributed by atoms with van der Waals surface area (Å²) in [5, 5.41) is 6.83. The van der Waals surface area contributed by atoms with Gasteiger partial charge < -0.3 is 4.42 Å². The molecule has 238 valence electrons. The van der Waals surface area contributed by atoms with E-state index < -0.39 is 0 Å². The summed E-state index contributed by atoms with van der Waals surface area (Å²) in [6, 6.07) is 63.8. The van der Waals surface area contributed by atoms with Gasteiger partial charge in [-0.2, -0.15) is 0 Å². The average Bonchev–Trinajstić information content (AvgIpc) is 3.58. The maximum Gasteiger partial charge on any atom is 0.161 e. The molecule has 0 aliphatic heterocycles. The Balaban J connectivity index is 1.19. The van der Waals surface area contributed by atoms with Gasteiger partial charge in [0.15, 0.2) is 5.82 Å². The number of rotatable bonds is 5. The van der Waals surface area contributed by atoms with Gasteiger partial charge in [0.05, 0.1) is 11.4 Å². The lowest BCUT2D eigenvalue weighted by molar-refractivity contribution is 0.670. The van der Waals surface area contributed by atoms with Crippen molar-refractivity contribution in [3.05, 3.63) is 182 Å². The highest BCUT2D eigenvalue weighted by atomic mass is 16.3. The molecule has 0 radical (unpaired) electrons. The van der Waals surface area contributed by atoms with E-state index in [1.807, 2.05) is 36.4 Å². The molecule has 0 spiro atoms. The van der Waals surface area contributed by atoms with Gasteiger partial charge in [0.1, 0.15) is 11.2 Å². The molecular formula is C48H30N2O. The van der Waals surface area contributed by atoms with Gasteiger partial charge in [-0.25, -0.2) is 9.97 Å². The first-order chi connectivity index (χ1) is 25.2. The van der Waals surface area contributed by atoms with Gasteiger partial charge in [-0.15, -0.1) is 0 Å². The Morgan fingerprint density at radius 1 is 0.353 bits per heavy atom. The predicted octanol–water partition coefficient (Wildman–Crippen LogP) is 13.0. The van der Waals surface area contributed by atoms with Crippen LogP contribution in [0.1, 0.15) is 0 Å². The highest BCUT2D eigenvalue weighted by Gasteiger charge is 2.21. The van der Waals surface area contributed by atoms with Crippen molar-refractivity contribution in [1.82, 2.24) is 9.97 Å². The van der Waals surface area contributed by atoms with Crippen LogP contribution in [-0.2, 0) is 0 Å². The number of benzene rings is 8. The molecule has 10 aromatic rings. The first-order valence-corrected chi connectivity index (χ1v) is 17.2. The van der Waals surface area contributed by atoms with Crippen LogP contribution in [-0.4, -0.2) is 9.97 Å². The molecule has 0 saturated carbocycles. The van der Waals surface area contributed by atoms with Crippen LogP contribution in [0.15, 0.2) is 186 Å². The standard InChI is InChI=1S/C48H30N2O/c1-3-12-34(13-4-1)43-30-44(35-14-5-2-6-15-35)50-48(49-43)41-26-25-40(47-46(41)42-28-37-17-9-10-18-38(37)29-45(42)51-47)33-22-19-32(20-23-33)39-24-21-31-11-7-8-16-36(31)27-39/h1-30H. The molecule has 0 amide bonds. The van der Waals surface area contributed by atoms with Gasteiger partial charge in [-0.05, 0) is 74.6 Å². The molecule has 10 rings (SSSR count). The van der Waals surface area contributed by atoms with Crippen molar-refractivity contribution in [3.63, 3.8) is 0 Å². The third kappa shape index (κ3) is 5.15. The number of aromatic nitrogens is 2. The lowest BCUT2D eigenvalue weighted by Crippen LogP contribution is -1.96. The Hall–Kier alpha value is -6.84. The number of nitrogens with zero attached hydrogens (tertiary/aromatic N) is 2. The minimum absolute atomic E-state index is 0.661. The molecule has 3 nitrogen and oxygen atoms in total. The fourth-order valence-corrected chi connectivity index (χ4v) is 7.27. The Morgan fingerprint density at radius 3 is 1.55 bits per heavy atom. The molecule has 2 heterocycles. The van der Waals surface area contributed by atoms with Crippen molar-refractivity contribution in [2.75, 3.05) is 0 Å². The van der Waals surface area contributed by atoms with E-state index >= 15 is 0 Å². The van der Waals surface area contributed by atoms with E-state index in [0.717, 1.165) is 71.9 Å². The zero-order valence-corrected chi connectivity index (χ0v) is 27.6. The Kier molecular flexibility index (Phi) is 6.81. The van der Waals surface area contributed by atoms with E-state index in [-0.39, 0.29) is 0 Å². The monoisotopic (exact) mass is 650 g/mol. The SMILES string of the molecule is c1ccc(-c2cc(-c3ccccc3)nc(-c3ccc(-c4ccc(-c5ccc6ccccc6c5)cc4)c4oc5cc6ccccc6cc5c34)n2)cc1. The molecule has 0 atom stereocenters. The van der Waals surface area contributed by atoms with Gasteiger partial charge in [-0.3, -0.25) is 0 Å². The summed E-state index contributed by atoms with van der Waals surface area (Å²) in [5.74, 6) is 0.661. The summed E-state index contributed by atoms with van der Waals surface area (Å²) in [5.41, 5.74) is 10.9. The van der Waals surface area contributed by atoms with Gasteiger partial charge >= 0.3 is 0 Å². The van der Waals surface area contributed by atoms with Crippen molar-refractivity contribution in [3.8, 4) is 56.2 Å². The maximum absolute atomic E-state index is 6.85. The average molecular weight is 651 g/mol. The molecule has 0 saturated heterocycles. The van der Waals surface area contributed by atoms with Gasteiger partial charge in [0, 0.05) is 33.0 Å². The molecule has 3 heteroatoms. The smallest absolute Gasteiger partial charge is 0.161 e. The molecule has 0 fully saturated rings. The van der Waals surface area contributed by atoms with Crippen molar-refractivity contribution < 1.29 is 4.42 Å². The highest BCUT2D eigenvalue weighted by Crippen LogP contribution is 2.43. The van der Waals surface area contributed by atoms with Crippen LogP contribution in [0.4, 0.5) is 0 Å². The molecular weight excluding hydrogens is 621 g/mol. The molecule has 8 aromatic carbocycles. The van der Waals surface area contributed by atoms with Crippen LogP contribution in [0.3, 0.4) is 0 Å². The van der Waals surface area contributed by atoms with Gasteiger partial charge in [0.2, 0.25) is 0 Å². The van der Waals surface area contributed by atoms with Gasteiger partial charge in [-0.1, -0.05) is 146 Å². The second-order valence-corrected chi connectivity index (χ2v) is 13.0. The number of furan rings is 1. The van der Waals surface area contributed by atoms with Crippen LogP contribution in [0.2, 0.25) is 0 Å². The van der Waals surface area contributed by atoms with Gasteiger partial charge in [0.25, 0.3) is 0 Å². The summed E-state index contributed by atoms with van der Waals surface area (Å²) in [6.07, 6.45) is 0. The maximum atomic E-state index is 6.85. The van der Waals surface area contributed by atoms with Crippen LogP contribution in [0.25, 0.3) is 99.6 Å². The van der Waals surface area contributed by atoms with Crippen LogP contribution in [0, 0.1) is 0 Å². The second kappa shape index (κ2) is 11.9. The molecule has 0 aliphatic rings. The molecule has 2 aromatic heterocycles. The second-order valence-electron chi connectivity index (χ2n) is 13.0. The van der Waals surface area contributed by atoms with Crippen LogP contribution in [0.5, 0.6) is 0 Å². The predicted molar refractivity (Wildman–Crippen MR) is 212 cm³/mol. The topological polar surface area (TPSA) is 38.9 Å². The fraction of sp³-hybridized carbons (Fsp3) is 0. The van der Waals surface area contributed by atoms with Crippen molar-refractivity contribution in [2.24, 2.45) is 0 Å².